The molecular formula is C25H29N3O2. The molecule has 1 N–H and O–H groups in total. The van der Waals surface area contributed by atoms with Gasteiger partial charge >= 0.3 is 0 Å². The van der Waals surface area contributed by atoms with E-state index in [-0.39, 0.29) is 18.4 Å². The van der Waals surface area contributed by atoms with Gasteiger partial charge < -0.3 is 10.2 Å². The Balaban J connectivity index is 1.55. The minimum absolute atomic E-state index is 0.0164. The van der Waals surface area contributed by atoms with Crippen molar-refractivity contribution in [2.24, 2.45) is 10.9 Å². The molecule has 156 valence electrons. The quantitative estimate of drug-likeness (QED) is 0.803. The van der Waals surface area contributed by atoms with Crippen molar-refractivity contribution in [2.75, 3.05) is 11.9 Å². The number of aryl methyl sites for hydroxylation is 1. The highest BCUT2D eigenvalue weighted by Crippen LogP contribution is 2.41. The van der Waals surface area contributed by atoms with Gasteiger partial charge in [0.25, 0.3) is 5.91 Å². The van der Waals surface area contributed by atoms with Crippen LogP contribution in [-0.4, -0.2) is 34.6 Å². The van der Waals surface area contributed by atoms with Crippen LogP contribution in [0.15, 0.2) is 59.6 Å². The lowest BCUT2D eigenvalue weighted by Crippen LogP contribution is -2.51. The fourth-order valence-corrected chi connectivity index (χ4v) is 4.41. The molecule has 1 aliphatic carbocycles. The molecule has 30 heavy (non-hydrogen) atoms. The lowest BCUT2D eigenvalue weighted by atomic mass is 9.82. The van der Waals surface area contributed by atoms with Gasteiger partial charge in [-0.2, -0.15) is 0 Å². The third-order valence-corrected chi connectivity index (χ3v) is 6.34. The number of hydrogen-bond acceptors (Lipinski definition) is 3. The van der Waals surface area contributed by atoms with Gasteiger partial charge in [0.05, 0.1) is 0 Å². The van der Waals surface area contributed by atoms with E-state index in [1.54, 1.807) is 4.90 Å². The smallest absolute Gasteiger partial charge is 0.275 e. The van der Waals surface area contributed by atoms with Crippen LogP contribution >= 0.6 is 0 Å². The number of rotatable bonds is 5. The summed E-state index contributed by atoms with van der Waals surface area (Å²) in [5, 5.41) is 2.94. The highest BCUT2D eigenvalue weighted by atomic mass is 16.2. The first-order chi connectivity index (χ1) is 14.5. The Hall–Kier alpha value is -2.95. The van der Waals surface area contributed by atoms with E-state index in [0.717, 1.165) is 43.4 Å². The first-order valence-corrected chi connectivity index (χ1v) is 10.9. The first-order valence-electron chi connectivity index (χ1n) is 10.9. The van der Waals surface area contributed by atoms with Crippen molar-refractivity contribution >= 4 is 23.2 Å². The van der Waals surface area contributed by atoms with Crippen LogP contribution in [0.5, 0.6) is 0 Å². The molecule has 2 aliphatic rings. The Bertz CT molecular complexity index is 942. The minimum atomic E-state index is -0.599. The highest BCUT2D eigenvalue weighted by molar-refractivity contribution is 6.47. The summed E-state index contributed by atoms with van der Waals surface area (Å²) < 4.78 is 0. The van der Waals surface area contributed by atoms with Gasteiger partial charge in [-0.1, -0.05) is 56.3 Å². The van der Waals surface area contributed by atoms with Crippen LogP contribution in [0.1, 0.15) is 50.7 Å². The molecule has 0 radical (unpaired) electrons. The Labute approximate surface area is 178 Å². The monoisotopic (exact) mass is 403 g/mol. The molecule has 2 aromatic carbocycles. The maximum Gasteiger partial charge on any atom is 0.275 e. The van der Waals surface area contributed by atoms with Crippen molar-refractivity contribution in [3.05, 3.63) is 65.7 Å². The third-order valence-electron chi connectivity index (χ3n) is 6.34. The summed E-state index contributed by atoms with van der Waals surface area (Å²) in [4.78, 5) is 32.8. The van der Waals surface area contributed by atoms with E-state index in [0.29, 0.717) is 11.6 Å². The molecule has 4 rings (SSSR count). The number of benzene rings is 2. The van der Waals surface area contributed by atoms with Crippen LogP contribution in [0, 0.1) is 5.92 Å². The summed E-state index contributed by atoms with van der Waals surface area (Å²) in [5.74, 6) is 0.289. The fraction of sp³-hybridized carbons (Fsp3) is 0.400. The molecule has 0 atom stereocenters. The molecule has 1 spiro atoms. The van der Waals surface area contributed by atoms with Crippen LogP contribution in [-0.2, 0) is 16.0 Å². The molecule has 1 saturated carbocycles. The van der Waals surface area contributed by atoms with Gasteiger partial charge in [-0.15, -0.1) is 0 Å². The SMILES string of the molecule is CCc1ccc(NC(=O)CN2C(=O)C(c3ccccc3)=NC23CCC(C)CC3)cc1. The molecule has 1 fully saturated rings. The van der Waals surface area contributed by atoms with E-state index in [2.05, 4.69) is 19.2 Å². The second kappa shape index (κ2) is 8.42. The normalized spacial score (nSPS) is 23.5. The van der Waals surface area contributed by atoms with Crippen LogP contribution < -0.4 is 5.32 Å². The summed E-state index contributed by atoms with van der Waals surface area (Å²) in [6.07, 6.45) is 4.57. The van der Waals surface area contributed by atoms with Crippen molar-refractivity contribution in [3.63, 3.8) is 0 Å². The van der Waals surface area contributed by atoms with Gasteiger partial charge in [0.1, 0.15) is 17.9 Å². The predicted molar refractivity (Wildman–Crippen MR) is 120 cm³/mol. The van der Waals surface area contributed by atoms with Gasteiger partial charge in [-0.05, 0) is 55.7 Å². The molecule has 5 nitrogen and oxygen atoms in total. The van der Waals surface area contributed by atoms with Gasteiger partial charge in [-0.25, -0.2) is 0 Å². The number of hydrogen-bond donors (Lipinski definition) is 1. The number of aliphatic imine (C=N–C) groups is 1. The standard InChI is InChI=1S/C25H29N3O2/c1-3-19-9-11-21(12-10-19)26-22(29)17-28-24(30)23(20-7-5-4-6-8-20)27-25(28)15-13-18(2)14-16-25/h4-12,18H,3,13-17H2,1-2H3,(H,26,29). The van der Waals surface area contributed by atoms with E-state index in [4.69, 9.17) is 4.99 Å². The lowest BCUT2D eigenvalue weighted by Gasteiger charge is -2.40. The summed E-state index contributed by atoms with van der Waals surface area (Å²) in [7, 11) is 0. The van der Waals surface area contributed by atoms with E-state index >= 15 is 0 Å². The highest BCUT2D eigenvalue weighted by Gasteiger charge is 2.49. The number of nitrogens with one attached hydrogen (secondary N) is 1. The number of carbonyl (C=O) groups is 2. The molecule has 2 amide bonds. The molecule has 2 aromatic rings. The Kier molecular flexibility index (Phi) is 5.71. The number of nitrogens with zero attached hydrogens (tertiary/aromatic N) is 2. The van der Waals surface area contributed by atoms with E-state index in [1.807, 2.05) is 54.6 Å². The van der Waals surface area contributed by atoms with E-state index in [1.165, 1.54) is 5.56 Å². The molecule has 0 bridgehead atoms. The average molecular weight is 404 g/mol. The van der Waals surface area contributed by atoms with Crippen LogP contribution in [0.2, 0.25) is 0 Å². The van der Waals surface area contributed by atoms with Crippen molar-refractivity contribution < 1.29 is 9.59 Å². The van der Waals surface area contributed by atoms with Gasteiger partial charge in [-0.3, -0.25) is 14.6 Å². The molecule has 1 aliphatic heterocycles. The van der Waals surface area contributed by atoms with Crippen molar-refractivity contribution in [1.29, 1.82) is 0 Å². The third kappa shape index (κ3) is 4.02. The maximum atomic E-state index is 13.3. The molecule has 0 saturated heterocycles. The predicted octanol–water partition coefficient (Wildman–Crippen LogP) is 4.43. The molecule has 5 heteroatoms. The maximum absolute atomic E-state index is 13.3. The molecule has 1 heterocycles. The largest absolute Gasteiger partial charge is 0.325 e. The van der Waals surface area contributed by atoms with Crippen LogP contribution in [0.25, 0.3) is 0 Å². The molecular weight excluding hydrogens is 374 g/mol. The van der Waals surface area contributed by atoms with Crippen molar-refractivity contribution in [1.82, 2.24) is 4.90 Å². The van der Waals surface area contributed by atoms with Crippen LogP contribution in [0.4, 0.5) is 5.69 Å². The van der Waals surface area contributed by atoms with Crippen molar-refractivity contribution in [2.45, 2.75) is 51.6 Å². The van der Waals surface area contributed by atoms with E-state index < -0.39 is 5.66 Å². The summed E-state index contributed by atoms with van der Waals surface area (Å²) in [6, 6.07) is 17.4. The summed E-state index contributed by atoms with van der Waals surface area (Å²) in [6.45, 7) is 4.35. The van der Waals surface area contributed by atoms with E-state index in [9.17, 15) is 9.59 Å². The zero-order valence-corrected chi connectivity index (χ0v) is 17.7. The van der Waals surface area contributed by atoms with Crippen LogP contribution in [0.3, 0.4) is 0 Å². The Morgan fingerprint density at radius 1 is 1.10 bits per heavy atom. The number of amides is 2. The van der Waals surface area contributed by atoms with Crippen molar-refractivity contribution in [3.8, 4) is 0 Å². The number of anilines is 1. The Morgan fingerprint density at radius 2 is 1.77 bits per heavy atom. The van der Waals surface area contributed by atoms with Gasteiger partial charge in [0, 0.05) is 11.3 Å². The molecule has 0 aromatic heterocycles. The fourth-order valence-electron chi connectivity index (χ4n) is 4.41. The first kappa shape index (κ1) is 20.3. The topological polar surface area (TPSA) is 61.8 Å². The summed E-state index contributed by atoms with van der Waals surface area (Å²) in [5.41, 5.74) is 2.67. The molecule has 0 unspecified atom stereocenters. The second-order valence-corrected chi connectivity index (χ2v) is 8.48. The summed E-state index contributed by atoms with van der Waals surface area (Å²) >= 11 is 0. The lowest BCUT2D eigenvalue weighted by molar-refractivity contribution is -0.134. The average Bonchev–Trinajstić information content (AvgIpc) is 3.03. The zero-order valence-electron chi connectivity index (χ0n) is 17.7. The van der Waals surface area contributed by atoms with Gasteiger partial charge in [0.15, 0.2) is 0 Å². The minimum Gasteiger partial charge on any atom is -0.325 e. The second-order valence-electron chi connectivity index (χ2n) is 8.48. The zero-order chi connectivity index (χ0) is 21.1. The number of carbonyl (C=O) groups excluding carboxylic acids is 2. The van der Waals surface area contributed by atoms with Gasteiger partial charge in [0.2, 0.25) is 5.91 Å². The Morgan fingerprint density at radius 3 is 2.40 bits per heavy atom.